The number of benzene rings is 1. The average Bonchev–Trinajstić information content (AvgIpc) is 2.30. The number of carbonyl (C=O) groups is 1. The Morgan fingerprint density at radius 2 is 2.05 bits per heavy atom. The van der Waals surface area contributed by atoms with Crippen molar-refractivity contribution in [3.05, 3.63) is 35.1 Å². The summed E-state index contributed by atoms with van der Waals surface area (Å²) in [6.45, 7) is 7.79. The molecule has 0 aromatic heterocycles. The van der Waals surface area contributed by atoms with Gasteiger partial charge in [-0.1, -0.05) is 26.8 Å². The second-order valence-corrected chi connectivity index (χ2v) is 6.21. The van der Waals surface area contributed by atoms with E-state index in [2.05, 4.69) is 5.32 Å². The number of amides is 1. The van der Waals surface area contributed by atoms with Crippen molar-refractivity contribution in [3.63, 3.8) is 0 Å². The number of alkyl halides is 1. The summed E-state index contributed by atoms with van der Waals surface area (Å²) in [6.07, 6.45) is 0.686. The molecular formula is C15H21ClFNO. The second kappa shape index (κ2) is 6.38. The highest BCUT2D eigenvalue weighted by molar-refractivity contribution is 6.17. The minimum atomic E-state index is -0.364. The summed E-state index contributed by atoms with van der Waals surface area (Å²) in [7, 11) is 0. The minimum Gasteiger partial charge on any atom is -0.349 e. The van der Waals surface area contributed by atoms with E-state index in [1.807, 2.05) is 20.8 Å². The van der Waals surface area contributed by atoms with E-state index in [0.717, 1.165) is 0 Å². The zero-order chi connectivity index (χ0) is 14.6. The molecule has 4 heteroatoms. The Labute approximate surface area is 119 Å². The molecule has 0 aliphatic rings. The summed E-state index contributed by atoms with van der Waals surface area (Å²) < 4.78 is 13.5. The first-order valence-electron chi connectivity index (χ1n) is 6.38. The molecule has 0 aliphatic heterocycles. The molecule has 1 amide bonds. The third-order valence-corrected chi connectivity index (χ3v) is 3.40. The zero-order valence-corrected chi connectivity index (χ0v) is 12.6. The molecule has 0 aliphatic carbocycles. The average molecular weight is 286 g/mol. The number of halogens is 2. The predicted molar refractivity (Wildman–Crippen MR) is 77.2 cm³/mol. The van der Waals surface area contributed by atoms with Gasteiger partial charge in [-0.25, -0.2) is 4.39 Å². The maximum absolute atomic E-state index is 13.5. The van der Waals surface area contributed by atoms with Gasteiger partial charge in [0.05, 0.1) is 0 Å². The molecule has 0 fully saturated rings. The fourth-order valence-electron chi connectivity index (χ4n) is 1.81. The lowest BCUT2D eigenvalue weighted by molar-refractivity contribution is 0.0900. The summed E-state index contributed by atoms with van der Waals surface area (Å²) in [5.41, 5.74) is 0.782. The molecule has 1 N–H and O–H groups in total. The van der Waals surface area contributed by atoms with Crippen molar-refractivity contribution in [1.29, 1.82) is 0 Å². The standard InChI is InChI=1S/C15H21ClFNO/c1-10-5-6-11(9-12(10)17)14(19)18-13(7-8-16)15(2,3)4/h5-6,9,13H,7-8H2,1-4H3,(H,18,19). The molecule has 2 nitrogen and oxygen atoms in total. The van der Waals surface area contributed by atoms with E-state index in [1.54, 1.807) is 19.1 Å². The van der Waals surface area contributed by atoms with Crippen LogP contribution >= 0.6 is 11.6 Å². The highest BCUT2D eigenvalue weighted by Gasteiger charge is 2.26. The van der Waals surface area contributed by atoms with Crippen LogP contribution in [-0.4, -0.2) is 17.8 Å². The molecule has 0 saturated carbocycles. The molecular weight excluding hydrogens is 265 g/mol. The fourth-order valence-corrected chi connectivity index (χ4v) is 2.02. The van der Waals surface area contributed by atoms with Crippen molar-refractivity contribution < 1.29 is 9.18 Å². The van der Waals surface area contributed by atoms with E-state index in [1.165, 1.54) is 6.07 Å². The van der Waals surface area contributed by atoms with Crippen molar-refractivity contribution >= 4 is 17.5 Å². The van der Waals surface area contributed by atoms with Gasteiger partial charge >= 0.3 is 0 Å². The van der Waals surface area contributed by atoms with Gasteiger partial charge in [-0.05, 0) is 36.5 Å². The zero-order valence-electron chi connectivity index (χ0n) is 11.9. The molecule has 1 aromatic carbocycles. The Kier molecular flexibility index (Phi) is 5.36. The van der Waals surface area contributed by atoms with Gasteiger partial charge < -0.3 is 5.32 Å². The monoisotopic (exact) mass is 285 g/mol. The molecule has 106 valence electrons. The van der Waals surface area contributed by atoms with Crippen LogP contribution in [0.1, 0.15) is 43.1 Å². The Morgan fingerprint density at radius 1 is 1.42 bits per heavy atom. The number of rotatable bonds is 4. The van der Waals surface area contributed by atoms with Crippen LogP contribution in [0, 0.1) is 18.2 Å². The Hall–Kier alpha value is -1.09. The Balaban J connectivity index is 2.84. The van der Waals surface area contributed by atoms with E-state index in [4.69, 9.17) is 11.6 Å². The van der Waals surface area contributed by atoms with E-state index >= 15 is 0 Å². The summed E-state index contributed by atoms with van der Waals surface area (Å²) in [5.74, 6) is -0.147. The van der Waals surface area contributed by atoms with Gasteiger partial charge in [-0.2, -0.15) is 0 Å². The van der Waals surface area contributed by atoms with Gasteiger partial charge in [0.1, 0.15) is 5.82 Å². The van der Waals surface area contributed by atoms with Crippen LogP contribution in [0.2, 0.25) is 0 Å². The molecule has 1 atom stereocenters. The first-order chi connectivity index (χ1) is 8.75. The molecule has 1 rings (SSSR count). The molecule has 0 heterocycles. The van der Waals surface area contributed by atoms with Gasteiger partial charge in [0.25, 0.3) is 5.91 Å². The topological polar surface area (TPSA) is 29.1 Å². The van der Waals surface area contributed by atoms with E-state index in [-0.39, 0.29) is 23.2 Å². The number of carbonyl (C=O) groups excluding carboxylic acids is 1. The van der Waals surface area contributed by atoms with Crippen LogP contribution in [0.15, 0.2) is 18.2 Å². The van der Waals surface area contributed by atoms with Crippen molar-refractivity contribution in [2.24, 2.45) is 5.41 Å². The summed E-state index contributed by atoms with van der Waals surface area (Å²) >= 11 is 5.77. The highest BCUT2D eigenvalue weighted by atomic mass is 35.5. The van der Waals surface area contributed by atoms with E-state index in [9.17, 15) is 9.18 Å². The first-order valence-corrected chi connectivity index (χ1v) is 6.92. The summed E-state index contributed by atoms with van der Waals surface area (Å²) in [6, 6.07) is 4.47. The molecule has 0 spiro atoms. The SMILES string of the molecule is Cc1ccc(C(=O)NC(CCCl)C(C)(C)C)cc1F. The maximum Gasteiger partial charge on any atom is 0.251 e. The quantitative estimate of drug-likeness (QED) is 0.835. The van der Waals surface area contributed by atoms with Gasteiger partial charge in [-0.3, -0.25) is 4.79 Å². The molecule has 0 bridgehead atoms. The smallest absolute Gasteiger partial charge is 0.251 e. The lowest BCUT2D eigenvalue weighted by Gasteiger charge is -2.31. The summed E-state index contributed by atoms with van der Waals surface area (Å²) in [4.78, 5) is 12.1. The second-order valence-electron chi connectivity index (χ2n) is 5.83. The number of aryl methyl sites for hydroxylation is 1. The predicted octanol–water partition coefficient (Wildman–Crippen LogP) is 3.91. The number of hydrogen-bond acceptors (Lipinski definition) is 1. The van der Waals surface area contributed by atoms with Gasteiger partial charge in [0.2, 0.25) is 0 Å². The van der Waals surface area contributed by atoms with Crippen LogP contribution < -0.4 is 5.32 Å². The molecule has 0 saturated heterocycles. The van der Waals surface area contributed by atoms with Crippen LogP contribution in [0.25, 0.3) is 0 Å². The van der Waals surface area contributed by atoms with Crippen LogP contribution in [0.5, 0.6) is 0 Å². The molecule has 1 aromatic rings. The third-order valence-electron chi connectivity index (χ3n) is 3.18. The van der Waals surface area contributed by atoms with Crippen LogP contribution in [0.4, 0.5) is 4.39 Å². The van der Waals surface area contributed by atoms with E-state index in [0.29, 0.717) is 23.4 Å². The van der Waals surface area contributed by atoms with Gasteiger partial charge in [0.15, 0.2) is 0 Å². The Bertz CT molecular complexity index is 454. The molecule has 0 radical (unpaired) electrons. The van der Waals surface area contributed by atoms with Crippen molar-refractivity contribution in [2.75, 3.05) is 5.88 Å². The van der Waals surface area contributed by atoms with Crippen molar-refractivity contribution in [3.8, 4) is 0 Å². The fraction of sp³-hybridized carbons (Fsp3) is 0.533. The molecule has 1 unspecified atom stereocenters. The summed E-state index contributed by atoms with van der Waals surface area (Å²) in [5, 5.41) is 2.93. The molecule has 19 heavy (non-hydrogen) atoms. The lowest BCUT2D eigenvalue weighted by Crippen LogP contribution is -2.44. The van der Waals surface area contributed by atoms with Gasteiger partial charge in [-0.15, -0.1) is 11.6 Å². The van der Waals surface area contributed by atoms with Crippen LogP contribution in [-0.2, 0) is 0 Å². The maximum atomic E-state index is 13.5. The van der Waals surface area contributed by atoms with Crippen LogP contribution in [0.3, 0.4) is 0 Å². The van der Waals surface area contributed by atoms with E-state index < -0.39 is 0 Å². The Morgan fingerprint density at radius 3 is 2.53 bits per heavy atom. The normalized spacial score (nSPS) is 13.2. The highest BCUT2D eigenvalue weighted by Crippen LogP contribution is 2.22. The largest absolute Gasteiger partial charge is 0.349 e. The first kappa shape index (κ1) is 16.0. The van der Waals surface area contributed by atoms with Crippen molar-refractivity contribution in [1.82, 2.24) is 5.32 Å². The number of hydrogen-bond donors (Lipinski definition) is 1. The third kappa shape index (κ3) is 4.50. The number of nitrogens with one attached hydrogen (secondary N) is 1. The minimum absolute atomic E-state index is 0.0399. The van der Waals surface area contributed by atoms with Crippen molar-refractivity contribution in [2.45, 2.75) is 40.2 Å². The van der Waals surface area contributed by atoms with Gasteiger partial charge in [0, 0.05) is 17.5 Å². The lowest BCUT2D eigenvalue weighted by atomic mass is 9.85.